The number of rotatable bonds is 5. The molecule has 2 N–H and O–H groups in total. The van der Waals surface area contributed by atoms with Gasteiger partial charge in [0.1, 0.15) is 0 Å². The van der Waals surface area contributed by atoms with Gasteiger partial charge in [0.25, 0.3) is 0 Å². The minimum absolute atomic E-state index is 0.264. The van der Waals surface area contributed by atoms with Gasteiger partial charge in [-0.1, -0.05) is 27.2 Å². The largest absolute Gasteiger partial charge is 0.375 e. The first-order valence-corrected chi connectivity index (χ1v) is 8.07. The second kappa shape index (κ2) is 7.05. The molecule has 112 valence electrons. The summed E-state index contributed by atoms with van der Waals surface area (Å²) in [6.07, 6.45) is 7.08. The van der Waals surface area contributed by atoms with E-state index in [1.807, 2.05) is 0 Å². The first-order valence-electron chi connectivity index (χ1n) is 8.07. The Morgan fingerprint density at radius 2 is 1.89 bits per heavy atom. The topological polar surface area (TPSA) is 44.5 Å². The Morgan fingerprint density at radius 3 is 2.53 bits per heavy atom. The molecule has 1 aliphatic heterocycles. The zero-order chi connectivity index (χ0) is 13.8. The van der Waals surface area contributed by atoms with E-state index in [2.05, 4.69) is 20.8 Å². The minimum atomic E-state index is 0.264. The average molecular weight is 269 g/mol. The van der Waals surface area contributed by atoms with Crippen molar-refractivity contribution < 1.29 is 9.47 Å². The smallest absolute Gasteiger partial charge is 0.0814 e. The number of ether oxygens (including phenoxy) is 2. The summed E-state index contributed by atoms with van der Waals surface area (Å²) in [5.74, 6) is 2.25. The lowest BCUT2D eigenvalue weighted by Gasteiger charge is -2.37. The Balaban J connectivity index is 1.79. The summed E-state index contributed by atoms with van der Waals surface area (Å²) in [5.41, 5.74) is 5.65. The predicted molar refractivity (Wildman–Crippen MR) is 78.0 cm³/mol. The fourth-order valence-electron chi connectivity index (χ4n) is 3.61. The summed E-state index contributed by atoms with van der Waals surface area (Å²) in [7, 11) is 0. The molecule has 0 aromatic carbocycles. The Labute approximate surface area is 118 Å². The summed E-state index contributed by atoms with van der Waals surface area (Å²) in [6.45, 7) is 8.41. The van der Waals surface area contributed by atoms with E-state index in [-0.39, 0.29) is 12.2 Å². The van der Waals surface area contributed by atoms with Crippen LogP contribution in [0.1, 0.15) is 52.9 Å². The highest BCUT2D eigenvalue weighted by Gasteiger charge is 2.33. The van der Waals surface area contributed by atoms with Gasteiger partial charge in [0.05, 0.1) is 24.9 Å². The Hall–Kier alpha value is -0.120. The van der Waals surface area contributed by atoms with Gasteiger partial charge in [0, 0.05) is 6.54 Å². The van der Waals surface area contributed by atoms with E-state index < -0.39 is 0 Å². The molecule has 19 heavy (non-hydrogen) atoms. The van der Waals surface area contributed by atoms with Crippen molar-refractivity contribution in [2.24, 2.45) is 23.5 Å². The van der Waals surface area contributed by atoms with Gasteiger partial charge in [0.15, 0.2) is 0 Å². The normalized spacial score (nSPS) is 39.9. The summed E-state index contributed by atoms with van der Waals surface area (Å²) in [6, 6.07) is 0. The molecule has 1 aliphatic carbocycles. The molecular formula is C16H31NO2. The highest BCUT2D eigenvalue weighted by atomic mass is 16.5. The third-order valence-electron chi connectivity index (χ3n) is 4.92. The Bertz CT molecular complexity index is 269. The second-order valence-corrected chi connectivity index (χ2v) is 6.89. The van der Waals surface area contributed by atoms with Crippen LogP contribution in [0.25, 0.3) is 0 Å². The second-order valence-electron chi connectivity index (χ2n) is 6.89. The summed E-state index contributed by atoms with van der Waals surface area (Å²) < 4.78 is 12.1. The van der Waals surface area contributed by atoms with E-state index in [0.29, 0.717) is 12.6 Å². The lowest BCUT2D eigenvalue weighted by Crippen LogP contribution is -2.36. The van der Waals surface area contributed by atoms with Crippen LogP contribution in [0.15, 0.2) is 0 Å². The highest BCUT2D eigenvalue weighted by molar-refractivity contribution is 4.82. The quantitative estimate of drug-likeness (QED) is 0.834. The molecule has 0 spiro atoms. The Morgan fingerprint density at radius 1 is 1.16 bits per heavy atom. The van der Waals surface area contributed by atoms with E-state index in [9.17, 15) is 0 Å². The molecule has 1 saturated heterocycles. The molecule has 0 aromatic rings. The van der Waals surface area contributed by atoms with Crippen LogP contribution in [0.3, 0.4) is 0 Å². The van der Waals surface area contributed by atoms with Crippen molar-refractivity contribution in [1.29, 1.82) is 0 Å². The van der Waals surface area contributed by atoms with E-state index >= 15 is 0 Å². The fourth-order valence-corrected chi connectivity index (χ4v) is 3.61. The molecule has 0 amide bonds. The van der Waals surface area contributed by atoms with Crippen molar-refractivity contribution in [2.75, 3.05) is 13.2 Å². The third-order valence-corrected chi connectivity index (χ3v) is 4.92. The van der Waals surface area contributed by atoms with Crippen LogP contribution in [0, 0.1) is 17.8 Å². The summed E-state index contributed by atoms with van der Waals surface area (Å²) in [4.78, 5) is 0. The van der Waals surface area contributed by atoms with Gasteiger partial charge in [-0.3, -0.25) is 0 Å². The number of hydrogen-bond acceptors (Lipinski definition) is 3. The highest BCUT2D eigenvalue weighted by Crippen LogP contribution is 2.35. The molecule has 3 nitrogen and oxygen atoms in total. The van der Waals surface area contributed by atoms with Gasteiger partial charge < -0.3 is 15.2 Å². The van der Waals surface area contributed by atoms with Crippen LogP contribution in [-0.4, -0.2) is 31.5 Å². The van der Waals surface area contributed by atoms with Crippen molar-refractivity contribution in [3.8, 4) is 0 Å². The van der Waals surface area contributed by atoms with Crippen LogP contribution < -0.4 is 5.73 Å². The molecule has 1 heterocycles. The van der Waals surface area contributed by atoms with E-state index in [1.165, 1.54) is 19.3 Å². The minimum Gasteiger partial charge on any atom is -0.375 e. The SMILES string of the molecule is CC1CCC(C(C)C)C(OCC2CCC(CN)O2)C1. The number of nitrogens with two attached hydrogens (primary N) is 1. The zero-order valence-corrected chi connectivity index (χ0v) is 12.8. The molecule has 5 atom stereocenters. The van der Waals surface area contributed by atoms with Gasteiger partial charge in [-0.2, -0.15) is 0 Å². The summed E-state index contributed by atoms with van der Waals surface area (Å²) in [5, 5.41) is 0. The van der Waals surface area contributed by atoms with Crippen molar-refractivity contribution >= 4 is 0 Å². The lowest BCUT2D eigenvalue weighted by molar-refractivity contribution is -0.0819. The molecule has 1 saturated carbocycles. The van der Waals surface area contributed by atoms with Gasteiger partial charge in [-0.15, -0.1) is 0 Å². The third kappa shape index (κ3) is 4.17. The molecule has 2 aliphatic rings. The van der Waals surface area contributed by atoms with Crippen LogP contribution in [-0.2, 0) is 9.47 Å². The van der Waals surface area contributed by atoms with E-state index in [0.717, 1.165) is 37.2 Å². The summed E-state index contributed by atoms with van der Waals surface area (Å²) >= 11 is 0. The maximum Gasteiger partial charge on any atom is 0.0814 e. The van der Waals surface area contributed by atoms with Crippen LogP contribution in [0.5, 0.6) is 0 Å². The van der Waals surface area contributed by atoms with Crippen LogP contribution in [0.4, 0.5) is 0 Å². The number of hydrogen-bond donors (Lipinski definition) is 1. The first-order chi connectivity index (χ1) is 9.10. The Kier molecular flexibility index (Phi) is 5.67. The molecular weight excluding hydrogens is 238 g/mol. The van der Waals surface area contributed by atoms with Gasteiger partial charge >= 0.3 is 0 Å². The fraction of sp³-hybridized carbons (Fsp3) is 1.00. The standard InChI is InChI=1S/C16H31NO2/c1-11(2)15-7-4-12(3)8-16(15)18-10-14-6-5-13(9-17)19-14/h11-16H,4-10,17H2,1-3H3. The molecule has 0 aromatic heterocycles. The van der Waals surface area contributed by atoms with Crippen molar-refractivity contribution in [3.05, 3.63) is 0 Å². The molecule has 2 rings (SSSR count). The van der Waals surface area contributed by atoms with Crippen LogP contribution >= 0.6 is 0 Å². The molecule has 3 heteroatoms. The molecule has 5 unspecified atom stereocenters. The van der Waals surface area contributed by atoms with Gasteiger partial charge in [-0.25, -0.2) is 0 Å². The van der Waals surface area contributed by atoms with Crippen LogP contribution in [0.2, 0.25) is 0 Å². The maximum absolute atomic E-state index is 6.24. The maximum atomic E-state index is 6.24. The molecule has 0 bridgehead atoms. The van der Waals surface area contributed by atoms with Crippen molar-refractivity contribution in [2.45, 2.75) is 71.2 Å². The van der Waals surface area contributed by atoms with Crippen molar-refractivity contribution in [3.63, 3.8) is 0 Å². The van der Waals surface area contributed by atoms with Gasteiger partial charge in [0.2, 0.25) is 0 Å². The van der Waals surface area contributed by atoms with Crippen molar-refractivity contribution in [1.82, 2.24) is 0 Å². The average Bonchev–Trinajstić information content (AvgIpc) is 2.84. The van der Waals surface area contributed by atoms with Gasteiger partial charge in [-0.05, 0) is 43.4 Å². The van der Waals surface area contributed by atoms with E-state index in [1.54, 1.807) is 0 Å². The first kappa shape index (κ1) is 15.3. The monoisotopic (exact) mass is 269 g/mol. The predicted octanol–water partition coefficient (Wildman–Crippen LogP) is 2.97. The molecule has 0 radical (unpaired) electrons. The van der Waals surface area contributed by atoms with E-state index in [4.69, 9.17) is 15.2 Å². The lowest BCUT2D eigenvalue weighted by atomic mass is 9.75. The zero-order valence-electron chi connectivity index (χ0n) is 12.8. The molecule has 2 fully saturated rings.